The molecule has 3 nitrogen and oxygen atoms in total. The number of hydrogen-bond donors (Lipinski definition) is 2. The van der Waals surface area contributed by atoms with Crippen molar-refractivity contribution in [3.05, 3.63) is 41.4 Å². The quantitative estimate of drug-likeness (QED) is 0.773. The number of nitrogens with zero attached hydrogens (tertiary/aromatic N) is 1. The van der Waals surface area contributed by atoms with Gasteiger partial charge in [0.1, 0.15) is 0 Å². The van der Waals surface area contributed by atoms with Gasteiger partial charge in [0.15, 0.2) is 5.69 Å². The van der Waals surface area contributed by atoms with E-state index in [0.29, 0.717) is 11.6 Å². The first-order chi connectivity index (χ1) is 8.33. The highest BCUT2D eigenvalue weighted by molar-refractivity contribution is 5.87. The minimum atomic E-state index is 0.690. The molecule has 0 radical (unpaired) electrons. The first-order valence-electron chi connectivity index (χ1n) is 5.96. The molecule has 2 N–H and O–H groups in total. The highest BCUT2D eigenvalue weighted by Crippen LogP contribution is 2.49. The van der Waals surface area contributed by atoms with Gasteiger partial charge in [0.25, 0.3) is 0 Å². The maximum atomic E-state index is 7.01. The molecule has 0 saturated heterocycles. The van der Waals surface area contributed by atoms with Gasteiger partial charge in [-0.25, -0.2) is 4.85 Å². The van der Waals surface area contributed by atoms with E-state index in [1.165, 1.54) is 17.4 Å². The molecule has 1 aromatic carbocycles. The summed E-state index contributed by atoms with van der Waals surface area (Å²) >= 11 is 0. The molecule has 1 aromatic heterocycles. The number of nitrogens with one attached hydrogen (secondary N) is 2. The predicted molar refractivity (Wildman–Crippen MR) is 69.3 cm³/mol. The Bertz CT molecular complexity index is 591. The molecule has 1 fully saturated rings. The van der Waals surface area contributed by atoms with Crippen LogP contribution in [0.25, 0.3) is 15.7 Å². The van der Waals surface area contributed by atoms with E-state index in [0.717, 1.165) is 18.0 Å². The summed E-state index contributed by atoms with van der Waals surface area (Å²) in [5, 5.41) is 4.52. The molecule has 1 saturated carbocycles. The summed E-state index contributed by atoms with van der Waals surface area (Å²) in [6.07, 6.45) is 3.39. The van der Waals surface area contributed by atoms with Gasteiger partial charge in [-0.05, 0) is 43.5 Å². The largest absolute Gasteiger partial charge is 0.362 e. The number of rotatable bonds is 3. The molecule has 17 heavy (non-hydrogen) atoms. The van der Waals surface area contributed by atoms with Gasteiger partial charge in [-0.1, -0.05) is 12.1 Å². The van der Waals surface area contributed by atoms with E-state index in [2.05, 4.69) is 27.4 Å². The van der Waals surface area contributed by atoms with E-state index in [1.807, 2.05) is 19.2 Å². The van der Waals surface area contributed by atoms with Gasteiger partial charge in [0.2, 0.25) is 0 Å². The van der Waals surface area contributed by atoms with Crippen molar-refractivity contribution in [3.63, 3.8) is 0 Å². The zero-order valence-corrected chi connectivity index (χ0v) is 9.83. The standard InChI is InChI=1S/C14H15N3/c1-15-7-9-5-12(9)13-8-17-14-6-10(16-2)3-4-11(13)14/h3-4,6,8-9,12,15,17H,5,7H2,1H3. The van der Waals surface area contributed by atoms with Crippen LogP contribution in [0.2, 0.25) is 0 Å². The number of hydrogen-bond acceptors (Lipinski definition) is 1. The normalized spacial score (nSPS) is 22.6. The fourth-order valence-electron chi connectivity index (χ4n) is 2.63. The summed E-state index contributed by atoms with van der Waals surface area (Å²) in [7, 11) is 2.01. The highest BCUT2D eigenvalue weighted by Gasteiger charge is 2.38. The second-order valence-corrected chi connectivity index (χ2v) is 4.75. The summed E-state index contributed by atoms with van der Waals surface area (Å²) in [6.45, 7) is 8.11. The van der Waals surface area contributed by atoms with Crippen molar-refractivity contribution in [2.24, 2.45) is 5.92 Å². The molecule has 86 valence electrons. The Morgan fingerprint density at radius 1 is 1.53 bits per heavy atom. The summed E-state index contributed by atoms with van der Waals surface area (Å²) in [4.78, 5) is 6.74. The average molecular weight is 225 g/mol. The van der Waals surface area contributed by atoms with Crippen LogP contribution in [-0.2, 0) is 0 Å². The van der Waals surface area contributed by atoms with Crippen LogP contribution in [0.5, 0.6) is 0 Å². The SMILES string of the molecule is [C-]#[N+]c1ccc2c(C3CC3CNC)c[nH]c2c1. The lowest BCUT2D eigenvalue weighted by Crippen LogP contribution is -2.10. The molecule has 2 atom stereocenters. The molecule has 0 aliphatic heterocycles. The number of fused-ring (bicyclic) bond motifs is 1. The molecule has 0 bridgehead atoms. The lowest BCUT2D eigenvalue weighted by Gasteiger charge is -1.99. The van der Waals surface area contributed by atoms with Gasteiger partial charge < -0.3 is 10.3 Å². The summed E-state index contributed by atoms with van der Waals surface area (Å²) in [5.41, 5.74) is 3.20. The van der Waals surface area contributed by atoms with Gasteiger partial charge in [-0.15, -0.1) is 0 Å². The molecule has 3 rings (SSSR count). The molecule has 1 heterocycles. The molecular weight excluding hydrogens is 210 g/mol. The molecule has 1 aliphatic carbocycles. The Kier molecular flexibility index (Phi) is 2.38. The Hall–Kier alpha value is -1.79. The summed E-state index contributed by atoms with van der Waals surface area (Å²) < 4.78 is 0. The first-order valence-corrected chi connectivity index (χ1v) is 5.96. The Morgan fingerprint density at radius 2 is 2.41 bits per heavy atom. The van der Waals surface area contributed by atoms with Crippen LogP contribution in [0.3, 0.4) is 0 Å². The molecule has 3 heteroatoms. The van der Waals surface area contributed by atoms with Crippen LogP contribution in [0.15, 0.2) is 24.4 Å². The van der Waals surface area contributed by atoms with Crippen LogP contribution in [0, 0.1) is 12.5 Å². The predicted octanol–water partition coefficient (Wildman–Crippen LogP) is 3.04. The third-order valence-corrected chi connectivity index (χ3v) is 3.61. The molecule has 0 amide bonds. The van der Waals surface area contributed by atoms with Gasteiger partial charge in [-0.2, -0.15) is 0 Å². The molecule has 1 aliphatic rings. The zero-order chi connectivity index (χ0) is 11.8. The lowest BCUT2D eigenvalue weighted by atomic mass is 10.1. The Morgan fingerprint density at radius 3 is 3.18 bits per heavy atom. The van der Waals surface area contributed by atoms with E-state index >= 15 is 0 Å². The minimum Gasteiger partial charge on any atom is -0.362 e. The van der Waals surface area contributed by atoms with Crippen molar-refractivity contribution in [2.75, 3.05) is 13.6 Å². The Balaban J connectivity index is 1.95. The first kappa shape index (κ1) is 10.4. The van der Waals surface area contributed by atoms with Crippen LogP contribution in [0.1, 0.15) is 17.9 Å². The van der Waals surface area contributed by atoms with E-state index in [-0.39, 0.29) is 0 Å². The fourth-order valence-corrected chi connectivity index (χ4v) is 2.63. The van der Waals surface area contributed by atoms with E-state index in [4.69, 9.17) is 6.57 Å². The lowest BCUT2D eigenvalue weighted by molar-refractivity contribution is 0.699. The van der Waals surface area contributed by atoms with Crippen molar-refractivity contribution in [1.82, 2.24) is 10.3 Å². The number of H-pyrrole nitrogens is 1. The smallest absolute Gasteiger partial charge is 0.189 e. The summed E-state index contributed by atoms with van der Waals surface area (Å²) in [5.74, 6) is 1.47. The van der Waals surface area contributed by atoms with Gasteiger partial charge >= 0.3 is 0 Å². The van der Waals surface area contributed by atoms with Crippen LogP contribution in [-0.4, -0.2) is 18.6 Å². The number of benzene rings is 1. The van der Waals surface area contributed by atoms with Crippen LogP contribution >= 0.6 is 0 Å². The maximum absolute atomic E-state index is 7.01. The Labute approximate surface area is 101 Å². The molecule has 2 unspecified atom stereocenters. The second-order valence-electron chi connectivity index (χ2n) is 4.75. The number of aromatic nitrogens is 1. The van der Waals surface area contributed by atoms with E-state index in [9.17, 15) is 0 Å². The van der Waals surface area contributed by atoms with Crippen molar-refractivity contribution < 1.29 is 0 Å². The van der Waals surface area contributed by atoms with Gasteiger partial charge in [-0.3, -0.25) is 0 Å². The van der Waals surface area contributed by atoms with Gasteiger partial charge in [0, 0.05) is 17.1 Å². The van der Waals surface area contributed by atoms with Crippen molar-refractivity contribution in [1.29, 1.82) is 0 Å². The minimum absolute atomic E-state index is 0.690. The number of aromatic amines is 1. The maximum Gasteiger partial charge on any atom is 0.189 e. The summed E-state index contributed by atoms with van der Waals surface area (Å²) in [6, 6.07) is 5.91. The van der Waals surface area contributed by atoms with Gasteiger partial charge in [0.05, 0.1) is 6.57 Å². The third-order valence-electron chi connectivity index (χ3n) is 3.61. The van der Waals surface area contributed by atoms with E-state index in [1.54, 1.807) is 0 Å². The van der Waals surface area contributed by atoms with Crippen molar-refractivity contribution in [3.8, 4) is 0 Å². The van der Waals surface area contributed by atoms with Crippen LogP contribution < -0.4 is 5.32 Å². The molecular formula is C14H15N3. The second kappa shape index (κ2) is 3.90. The van der Waals surface area contributed by atoms with Crippen molar-refractivity contribution in [2.45, 2.75) is 12.3 Å². The topological polar surface area (TPSA) is 32.2 Å². The monoisotopic (exact) mass is 225 g/mol. The fraction of sp³-hybridized carbons (Fsp3) is 0.357. The highest BCUT2D eigenvalue weighted by atomic mass is 14.8. The van der Waals surface area contributed by atoms with Crippen molar-refractivity contribution >= 4 is 16.6 Å². The van der Waals surface area contributed by atoms with E-state index < -0.39 is 0 Å². The zero-order valence-electron chi connectivity index (χ0n) is 9.83. The average Bonchev–Trinajstić information content (AvgIpc) is 2.99. The molecule has 0 spiro atoms. The van der Waals surface area contributed by atoms with Crippen LogP contribution in [0.4, 0.5) is 5.69 Å². The third kappa shape index (κ3) is 1.71. The molecule has 2 aromatic rings.